The molecule has 2 atom stereocenters. The van der Waals surface area contributed by atoms with Crippen molar-refractivity contribution in [3.63, 3.8) is 0 Å². The fourth-order valence-electron chi connectivity index (χ4n) is 1.86. The monoisotopic (exact) mass is 203 g/mol. The van der Waals surface area contributed by atoms with E-state index in [1.54, 1.807) is 0 Å². The maximum absolute atomic E-state index is 11.4. The summed E-state index contributed by atoms with van der Waals surface area (Å²) < 4.78 is 0. The summed E-state index contributed by atoms with van der Waals surface area (Å²) in [6.07, 6.45) is -0.451. The van der Waals surface area contributed by atoms with Crippen LogP contribution in [0.2, 0.25) is 0 Å². The third kappa shape index (κ3) is 1.77. The number of hydrogen-bond donors (Lipinski definition) is 0. The second-order valence-electron chi connectivity index (χ2n) is 3.76. The molecule has 0 saturated heterocycles. The lowest BCUT2D eigenvalue weighted by atomic mass is 9.88. The summed E-state index contributed by atoms with van der Waals surface area (Å²) >= 11 is 0. The van der Waals surface area contributed by atoms with Gasteiger partial charge in [-0.1, -0.05) is 35.5 Å². The van der Waals surface area contributed by atoms with Crippen LogP contribution in [0.15, 0.2) is 35.5 Å². The molecule has 3 heteroatoms. The molecule has 0 aromatic heterocycles. The van der Waals surface area contributed by atoms with Crippen LogP contribution in [0.1, 0.15) is 25.3 Å². The van der Waals surface area contributed by atoms with Crippen molar-refractivity contribution in [2.75, 3.05) is 0 Å². The largest absolute Gasteiger partial charge is 0.383 e. The zero-order valence-corrected chi connectivity index (χ0v) is 8.81. The lowest BCUT2D eigenvalue weighted by Gasteiger charge is -2.15. The number of oxime groups is 1. The van der Waals surface area contributed by atoms with Crippen molar-refractivity contribution in [3.8, 4) is 0 Å². The van der Waals surface area contributed by atoms with Crippen molar-refractivity contribution in [2.24, 2.45) is 5.16 Å². The maximum Gasteiger partial charge on any atom is 0.197 e. The number of hydrogen-bond acceptors (Lipinski definition) is 3. The van der Waals surface area contributed by atoms with Crippen LogP contribution >= 0.6 is 0 Å². The minimum Gasteiger partial charge on any atom is -0.383 e. The molecule has 1 unspecified atom stereocenters. The molecule has 0 fully saturated rings. The molecule has 0 bridgehead atoms. The highest BCUT2D eigenvalue weighted by Gasteiger charge is 2.36. The van der Waals surface area contributed by atoms with Gasteiger partial charge in [0.05, 0.1) is 11.6 Å². The van der Waals surface area contributed by atoms with Crippen LogP contribution in [0.5, 0.6) is 0 Å². The van der Waals surface area contributed by atoms with Gasteiger partial charge < -0.3 is 4.84 Å². The molecule has 0 amide bonds. The van der Waals surface area contributed by atoms with E-state index in [4.69, 9.17) is 4.84 Å². The Kier molecular flexibility index (Phi) is 2.54. The van der Waals surface area contributed by atoms with Crippen molar-refractivity contribution < 1.29 is 9.63 Å². The zero-order valence-electron chi connectivity index (χ0n) is 8.81. The standard InChI is InChI=1S/C12H13NO2/c1-8-11(10-6-4-3-5-7-10)12(9(2)14)15-13-8/h3-7,11-12H,1-2H3/t11?,12-/m0/s1. The van der Waals surface area contributed by atoms with Gasteiger partial charge >= 0.3 is 0 Å². The summed E-state index contributed by atoms with van der Waals surface area (Å²) in [5.41, 5.74) is 1.94. The van der Waals surface area contributed by atoms with Crippen molar-refractivity contribution in [3.05, 3.63) is 35.9 Å². The maximum atomic E-state index is 11.4. The lowest BCUT2D eigenvalue weighted by Crippen LogP contribution is -2.26. The van der Waals surface area contributed by atoms with E-state index >= 15 is 0 Å². The van der Waals surface area contributed by atoms with Gasteiger partial charge in [0, 0.05) is 0 Å². The molecule has 1 aliphatic heterocycles. The molecule has 1 aromatic carbocycles. The topological polar surface area (TPSA) is 38.7 Å². The Balaban J connectivity index is 2.34. The summed E-state index contributed by atoms with van der Waals surface area (Å²) in [4.78, 5) is 16.5. The smallest absolute Gasteiger partial charge is 0.197 e. The minimum absolute atomic E-state index is 0.0180. The van der Waals surface area contributed by atoms with E-state index in [0.717, 1.165) is 11.3 Å². The molecule has 3 nitrogen and oxygen atoms in total. The number of nitrogens with zero attached hydrogens (tertiary/aromatic N) is 1. The van der Waals surface area contributed by atoms with Crippen LogP contribution in [0.25, 0.3) is 0 Å². The van der Waals surface area contributed by atoms with E-state index in [-0.39, 0.29) is 11.7 Å². The summed E-state index contributed by atoms with van der Waals surface area (Å²) in [5.74, 6) is -0.00634. The second kappa shape index (κ2) is 3.85. The SMILES string of the molecule is CC(=O)[C@@H]1ON=C(C)C1c1ccccc1. The molecule has 0 radical (unpaired) electrons. The molecule has 2 rings (SSSR count). The van der Waals surface area contributed by atoms with E-state index in [1.807, 2.05) is 37.3 Å². The van der Waals surface area contributed by atoms with Crippen LogP contribution in [0.3, 0.4) is 0 Å². The predicted octanol–water partition coefficient (Wildman–Crippen LogP) is 2.13. The molecule has 0 saturated carbocycles. The molecule has 1 heterocycles. The fraction of sp³-hybridized carbons (Fsp3) is 0.333. The zero-order chi connectivity index (χ0) is 10.8. The molecule has 1 aromatic rings. The van der Waals surface area contributed by atoms with Gasteiger partial charge in [0.1, 0.15) is 0 Å². The van der Waals surface area contributed by atoms with E-state index in [2.05, 4.69) is 5.16 Å². The van der Waals surface area contributed by atoms with Gasteiger partial charge in [0.15, 0.2) is 11.9 Å². The summed E-state index contributed by atoms with van der Waals surface area (Å²) in [6, 6.07) is 9.85. The van der Waals surface area contributed by atoms with Crippen molar-refractivity contribution in [2.45, 2.75) is 25.9 Å². The molecule has 0 spiro atoms. The number of Topliss-reactive ketones (excluding diaryl/α,β-unsaturated/α-hetero) is 1. The Bertz CT molecular complexity index is 397. The predicted molar refractivity (Wildman–Crippen MR) is 57.8 cm³/mol. The Labute approximate surface area is 88.7 Å². The quantitative estimate of drug-likeness (QED) is 0.738. The van der Waals surface area contributed by atoms with Crippen LogP contribution in [0, 0.1) is 0 Å². The van der Waals surface area contributed by atoms with Gasteiger partial charge in [0.25, 0.3) is 0 Å². The van der Waals surface area contributed by atoms with Crippen LogP contribution < -0.4 is 0 Å². The first-order valence-corrected chi connectivity index (χ1v) is 4.96. The van der Waals surface area contributed by atoms with Gasteiger partial charge in [-0.25, -0.2) is 0 Å². The van der Waals surface area contributed by atoms with E-state index in [9.17, 15) is 4.79 Å². The first-order valence-electron chi connectivity index (χ1n) is 4.96. The summed E-state index contributed by atoms with van der Waals surface area (Å²) in [5, 5.41) is 3.89. The highest BCUT2D eigenvalue weighted by atomic mass is 16.6. The number of rotatable bonds is 2. The van der Waals surface area contributed by atoms with Crippen LogP contribution in [0.4, 0.5) is 0 Å². The number of benzene rings is 1. The number of carbonyl (C=O) groups excluding carboxylic acids is 1. The Morgan fingerprint density at radius 2 is 2.00 bits per heavy atom. The Morgan fingerprint density at radius 1 is 1.33 bits per heavy atom. The lowest BCUT2D eigenvalue weighted by molar-refractivity contribution is -0.127. The number of carbonyl (C=O) groups is 1. The van der Waals surface area contributed by atoms with Gasteiger partial charge in [-0.05, 0) is 19.4 Å². The molecule has 0 N–H and O–H groups in total. The van der Waals surface area contributed by atoms with Crippen LogP contribution in [-0.4, -0.2) is 17.6 Å². The number of ketones is 1. The summed E-state index contributed by atoms with van der Waals surface area (Å²) in [7, 11) is 0. The Hall–Kier alpha value is -1.64. The van der Waals surface area contributed by atoms with Crippen molar-refractivity contribution in [1.82, 2.24) is 0 Å². The normalized spacial score (nSPS) is 24.5. The first-order chi connectivity index (χ1) is 7.20. The highest BCUT2D eigenvalue weighted by molar-refractivity contribution is 5.97. The van der Waals surface area contributed by atoms with Gasteiger partial charge in [-0.3, -0.25) is 4.79 Å². The molecule has 78 valence electrons. The first kappa shape index (κ1) is 9.90. The van der Waals surface area contributed by atoms with E-state index < -0.39 is 6.10 Å². The van der Waals surface area contributed by atoms with E-state index in [1.165, 1.54) is 6.92 Å². The van der Waals surface area contributed by atoms with E-state index in [0.29, 0.717) is 0 Å². The molecule has 1 aliphatic rings. The average molecular weight is 203 g/mol. The second-order valence-corrected chi connectivity index (χ2v) is 3.76. The highest BCUT2D eigenvalue weighted by Crippen LogP contribution is 2.29. The van der Waals surface area contributed by atoms with Crippen molar-refractivity contribution in [1.29, 1.82) is 0 Å². The summed E-state index contributed by atoms with van der Waals surface area (Å²) in [6.45, 7) is 3.43. The van der Waals surface area contributed by atoms with Gasteiger partial charge in [0.2, 0.25) is 0 Å². The minimum atomic E-state index is -0.451. The fourth-order valence-corrected chi connectivity index (χ4v) is 1.86. The van der Waals surface area contributed by atoms with Crippen molar-refractivity contribution >= 4 is 11.5 Å². The van der Waals surface area contributed by atoms with Crippen LogP contribution in [-0.2, 0) is 9.63 Å². The Morgan fingerprint density at radius 3 is 2.60 bits per heavy atom. The van der Waals surface area contributed by atoms with Gasteiger partial charge in [-0.2, -0.15) is 0 Å². The molecule has 0 aliphatic carbocycles. The molecule has 15 heavy (non-hydrogen) atoms. The molecular weight excluding hydrogens is 190 g/mol. The molecular formula is C12H13NO2. The third-order valence-electron chi connectivity index (χ3n) is 2.62. The third-order valence-corrected chi connectivity index (χ3v) is 2.62. The van der Waals surface area contributed by atoms with Gasteiger partial charge in [-0.15, -0.1) is 0 Å². The average Bonchev–Trinajstić information content (AvgIpc) is 2.61.